The Bertz CT molecular complexity index is 725. The average molecular weight is 405 g/mol. The standard InChI is InChI=1S/C17H23ClF2N4O3/c1-10-7-21-14(18)22-12(10)13(25)24-9-17(19,20)6-5-11(24)8-27-15(26)23-16(2,3)4/h7,11H,5-6,8-9H2,1-4H3,(H,23,26)/t11-/m1/s1. The van der Waals surface area contributed by atoms with Gasteiger partial charge < -0.3 is 15.0 Å². The molecule has 2 amide bonds. The maximum Gasteiger partial charge on any atom is 0.407 e. The van der Waals surface area contributed by atoms with Gasteiger partial charge in [-0.2, -0.15) is 0 Å². The number of carbonyl (C=O) groups is 2. The van der Waals surface area contributed by atoms with Crippen LogP contribution in [0.1, 0.15) is 49.7 Å². The Balaban J connectivity index is 2.16. The summed E-state index contributed by atoms with van der Waals surface area (Å²) in [5.41, 5.74) is -0.124. The summed E-state index contributed by atoms with van der Waals surface area (Å²) in [5.74, 6) is -3.72. The normalized spacial score (nSPS) is 19.5. The van der Waals surface area contributed by atoms with Crippen molar-refractivity contribution in [2.24, 2.45) is 0 Å². The lowest BCUT2D eigenvalue weighted by Crippen LogP contribution is -2.54. The van der Waals surface area contributed by atoms with Crippen molar-refractivity contribution < 1.29 is 23.1 Å². The van der Waals surface area contributed by atoms with Crippen LogP contribution in [0.2, 0.25) is 5.28 Å². The Labute approximate surface area is 161 Å². The van der Waals surface area contributed by atoms with Gasteiger partial charge in [0, 0.05) is 18.2 Å². The Morgan fingerprint density at radius 3 is 2.74 bits per heavy atom. The van der Waals surface area contributed by atoms with Crippen molar-refractivity contribution in [3.63, 3.8) is 0 Å². The first-order valence-electron chi connectivity index (χ1n) is 8.51. The van der Waals surface area contributed by atoms with Crippen LogP contribution in [-0.4, -0.2) is 57.5 Å². The van der Waals surface area contributed by atoms with Crippen LogP contribution >= 0.6 is 11.6 Å². The molecule has 27 heavy (non-hydrogen) atoms. The topological polar surface area (TPSA) is 84.4 Å². The molecule has 1 aliphatic rings. The van der Waals surface area contributed by atoms with Gasteiger partial charge in [-0.05, 0) is 51.3 Å². The summed E-state index contributed by atoms with van der Waals surface area (Å²) < 4.78 is 33.0. The molecule has 0 aromatic carbocycles. The lowest BCUT2D eigenvalue weighted by molar-refractivity contribution is -0.0792. The van der Waals surface area contributed by atoms with Crippen LogP contribution in [-0.2, 0) is 4.74 Å². The van der Waals surface area contributed by atoms with Crippen molar-refractivity contribution >= 4 is 23.6 Å². The molecule has 1 aromatic heterocycles. The number of hydrogen-bond donors (Lipinski definition) is 1. The molecule has 0 aliphatic carbocycles. The highest BCUT2D eigenvalue weighted by molar-refractivity contribution is 6.28. The number of aromatic nitrogens is 2. The van der Waals surface area contributed by atoms with E-state index in [1.54, 1.807) is 27.7 Å². The Kier molecular flexibility index (Phi) is 6.24. The zero-order valence-corrected chi connectivity index (χ0v) is 16.4. The molecule has 1 aromatic rings. The van der Waals surface area contributed by atoms with Crippen LogP contribution in [0.3, 0.4) is 0 Å². The second kappa shape index (κ2) is 7.92. The van der Waals surface area contributed by atoms with Crippen LogP contribution < -0.4 is 5.32 Å². The number of carbonyl (C=O) groups excluding carboxylic acids is 2. The van der Waals surface area contributed by atoms with Crippen LogP contribution in [0.25, 0.3) is 0 Å². The third-order valence-electron chi connectivity index (χ3n) is 3.98. The summed E-state index contributed by atoms with van der Waals surface area (Å²) in [6.07, 6.45) is 0.287. The van der Waals surface area contributed by atoms with E-state index in [1.165, 1.54) is 6.20 Å². The zero-order valence-electron chi connectivity index (χ0n) is 15.7. The maximum atomic E-state index is 13.9. The predicted molar refractivity (Wildman–Crippen MR) is 95.0 cm³/mol. The molecule has 0 bridgehead atoms. The SMILES string of the molecule is Cc1cnc(Cl)nc1C(=O)N1CC(F)(F)CC[C@@H]1COC(=O)NC(C)(C)C. The number of rotatable bonds is 3. The number of nitrogens with one attached hydrogen (secondary N) is 1. The molecule has 1 saturated heterocycles. The molecule has 1 atom stereocenters. The predicted octanol–water partition coefficient (Wildman–Crippen LogP) is 3.20. The molecule has 150 valence electrons. The molecule has 0 spiro atoms. The van der Waals surface area contributed by atoms with Crippen LogP contribution in [0.4, 0.5) is 13.6 Å². The Hall–Kier alpha value is -2.03. The number of likely N-dealkylation sites (tertiary alicyclic amines) is 1. The van der Waals surface area contributed by atoms with Gasteiger partial charge in [-0.25, -0.2) is 23.5 Å². The molecule has 1 N–H and O–H groups in total. The molecule has 0 unspecified atom stereocenters. The lowest BCUT2D eigenvalue weighted by atomic mass is 9.99. The van der Waals surface area contributed by atoms with Gasteiger partial charge in [0.05, 0.1) is 12.6 Å². The van der Waals surface area contributed by atoms with Crippen LogP contribution in [0, 0.1) is 6.92 Å². The Morgan fingerprint density at radius 1 is 1.44 bits per heavy atom. The highest BCUT2D eigenvalue weighted by atomic mass is 35.5. The second-order valence-corrected chi connectivity index (χ2v) is 7.96. The third kappa shape index (κ3) is 5.98. The first-order chi connectivity index (χ1) is 12.4. The summed E-state index contributed by atoms with van der Waals surface area (Å²) in [5, 5.41) is 2.47. The van der Waals surface area contributed by atoms with Gasteiger partial charge in [-0.15, -0.1) is 0 Å². The minimum absolute atomic E-state index is 0.000594. The highest BCUT2D eigenvalue weighted by Gasteiger charge is 2.43. The van der Waals surface area contributed by atoms with E-state index >= 15 is 0 Å². The molecular weight excluding hydrogens is 382 g/mol. The van der Waals surface area contributed by atoms with Gasteiger partial charge in [0.25, 0.3) is 11.8 Å². The monoisotopic (exact) mass is 404 g/mol. The number of alkyl halides is 2. The van der Waals surface area contributed by atoms with E-state index in [1.807, 2.05) is 0 Å². The number of aryl methyl sites for hydroxylation is 1. The third-order valence-corrected chi connectivity index (χ3v) is 4.16. The van der Waals surface area contributed by atoms with E-state index in [0.717, 1.165) is 4.90 Å². The molecule has 10 heteroatoms. The fraction of sp³-hybridized carbons (Fsp3) is 0.647. The van der Waals surface area contributed by atoms with Crippen LogP contribution in [0.15, 0.2) is 6.20 Å². The smallest absolute Gasteiger partial charge is 0.407 e. The Morgan fingerprint density at radius 2 is 2.11 bits per heavy atom. The van der Waals surface area contributed by atoms with E-state index in [-0.39, 0.29) is 24.0 Å². The molecule has 2 heterocycles. The molecule has 7 nitrogen and oxygen atoms in total. The molecule has 2 rings (SSSR count). The first-order valence-corrected chi connectivity index (χ1v) is 8.89. The fourth-order valence-electron chi connectivity index (χ4n) is 2.69. The van der Waals surface area contributed by atoms with Crippen molar-refractivity contribution in [3.8, 4) is 0 Å². The fourth-order valence-corrected chi connectivity index (χ4v) is 2.82. The number of halogens is 3. The lowest BCUT2D eigenvalue weighted by Gasteiger charge is -2.39. The zero-order chi connectivity index (χ0) is 20.4. The largest absolute Gasteiger partial charge is 0.447 e. The number of alkyl carbamates (subject to hydrolysis) is 1. The van der Waals surface area contributed by atoms with Gasteiger partial charge in [0.1, 0.15) is 12.3 Å². The number of nitrogens with zero attached hydrogens (tertiary/aromatic N) is 3. The number of hydrogen-bond acceptors (Lipinski definition) is 5. The molecule has 0 saturated carbocycles. The van der Waals surface area contributed by atoms with Gasteiger partial charge in [-0.3, -0.25) is 4.79 Å². The summed E-state index contributed by atoms with van der Waals surface area (Å²) in [6, 6.07) is -0.684. The van der Waals surface area contributed by atoms with Crippen LogP contribution in [0.5, 0.6) is 0 Å². The van der Waals surface area contributed by atoms with E-state index in [0.29, 0.717) is 5.56 Å². The minimum atomic E-state index is -3.02. The van der Waals surface area contributed by atoms with Crippen molar-refractivity contribution in [3.05, 3.63) is 22.7 Å². The summed E-state index contributed by atoms with van der Waals surface area (Å²) in [7, 11) is 0. The van der Waals surface area contributed by atoms with Gasteiger partial charge in [-0.1, -0.05) is 0 Å². The van der Waals surface area contributed by atoms with Gasteiger partial charge in [0.2, 0.25) is 5.28 Å². The first kappa shape index (κ1) is 21.3. The number of ether oxygens (including phenoxy) is 1. The van der Waals surface area contributed by atoms with E-state index in [4.69, 9.17) is 16.3 Å². The van der Waals surface area contributed by atoms with Gasteiger partial charge >= 0.3 is 6.09 Å². The van der Waals surface area contributed by atoms with E-state index in [9.17, 15) is 18.4 Å². The average Bonchev–Trinajstić information content (AvgIpc) is 2.53. The minimum Gasteiger partial charge on any atom is -0.447 e. The van der Waals surface area contributed by atoms with E-state index < -0.39 is 42.5 Å². The summed E-state index contributed by atoms with van der Waals surface area (Å²) in [6.45, 7) is 5.98. The summed E-state index contributed by atoms with van der Waals surface area (Å²) >= 11 is 5.74. The van der Waals surface area contributed by atoms with Crippen molar-refractivity contribution in [2.45, 2.75) is 58.0 Å². The quantitative estimate of drug-likeness (QED) is 0.782. The van der Waals surface area contributed by atoms with Gasteiger partial charge in [0.15, 0.2) is 0 Å². The van der Waals surface area contributed by atoms with Crippen molar-refractivity contribution in [1.82, 2.24) is 20.2 Å². The molecule has 0 radical (unpaired) electrons. The molecule has 1 aliphatic heterocycles. The molecular formula is C17H23ClF2N4O3. The highest BCUT2D eigenvalue weighted by Crippen LogP contribution is 2.31. The maximum absolute atomic E-state index is 13.9. The van der Waals surface area contributed by atoms with Crippen molar-refractivity contribution in [1.29, 1.82) is 0 Å². The van der Waals surface area contributed by atoms with Crippen molar-refractivity contribution in [2.75, 3.05) is 13.2 Å². The second-order valence-electron chi connectivity index (χ2n) is 7.63. The summed E-state index contributed by atoms with van der Waals surface area (Å²) in [4.78, 5) is 33.3. The molecule has 1 fully saturated rings. The van der Waals surface area contributed by atoms with E-state index in [2.05, 4.69) is 15.3 Å². The number of amides is 2. The number of piperidine rings is 1.